The summed E-state index contributed by atoms with van der Waals surface area (Å²) in [5, 5.41) is 0. The Morgan fingerprint density at radius 2 is 1.86 bits per heavy atom. The van der Waals surface area contributed by atoms with E-state index in [1.165, 1.54) is 31.4 Å². The van der Waals surface area contributed by atoms with Gasteiger partial charge in [-0.05, 0) is 25.0 Å². The monoisotopic (exact) mass is 294 g/mol. The molecule has 1 atom stereocenters. The number of rotatable bonds is 11. The number of halogens is 1. The molecule has 0 bridgehead atoms. The molecule has 0 amide bonds. The first kappa shape index (κ1) is 17.8. The number of unbranched alkanes of at least 4 members (excludes halogenated alkanes) is 3. The molecule has 3 heteroatoms. The third kappa shape index (κ3) is 6.85. The van der Waals surface area contributed by atoms with Crippen LogP contribution < -0.4 is 0 Å². The maximum Gasteiger partial charge on any atom is 0.191 e. The molecule has 1 aromatic carbocycles. The molecular weight excluding hydrogens is 267 g/mol. The normalized spacial score (nSPS) is 12.3. The van der Waals surface area contributed by atoms with E-state index in [1.54, 1.807) is 12.1 Å². The van der Waals surface area contributed by atoms with Crippen molar-refractivity contribution in [3.63, 3.8) is 0 Å². The minimum Gasteiger partial charge on any atom is -0.370 e. The Morgan fingerprint density at radius 1 is 1.10 bits per heavy atom. The van der Waals surface area contributed by atoms with Crippen molar-refractivity contribution in [2.75, 3.05) is 6.61 Å². The molecule has 0 N–H and O–H groups in total. The highest BCUT2D eigenvalue weighted by Gasteiger charge is 2.14. The first-order valence-corrected chi connectivity index (χ1v) is 8.08. The van der Waals surface area contributed by atoms with Gasteiger partial charge in [0, 0.05) is 0 Å². The largest absolute Gasteiger partial charge is 0.370 e. The lowest BCUT2D eigenvalue weighted by molar-refractivity contribution is 0.0361. The van der Waals surface area contributed by atoms with Crippen LogP contribution in [0.1, 0.15) is 69.2 Å². The predicted molar refractivity (Wildman–Crippen MR) is 84.1 cm³/mol. The van der Waals surface area contributed by atoms with E-state index in [9.17, 15) is 9.18 Å². The molecule has 118 valence electrons. The number of hydrogen-bond acceptors (Lipinski definition) is 2. The van der Waals surface area contributed by atoms with Crippen molar-refractivity contribution in [3.05, 3.63) is 35.6 Å². The summed E-state index contributed by atoms with van der Waals surface area (Å²) in [5.74, 6) is -0.746. The van der Waals surface area contributed by atoms with Gasteiger partial charge in [0.1, 0.15) is 12.4 Å². The van der Waals surface area contributed by atoms with Gasteiger partial charge < -0.3 is 4.74 Å². The van der Waals surface area contributed by atoms with Crippen LogP contribution in [0, 0.1) is 5.82 Å². The van der Waals surface area contributed by atoms with E-state index in [2.05, 4.69) is 13.8 Å². The number of carbonyl (C=O) groups excluding carboxylic acids is 1. The van der Waals surface area contributed by atoms with Crippen molar-refractivity contribution in [2.24, 2.45) is 0 Å². The molecular formula is C18H27FO2. The van der Waals surface area contributed by atoms with Crippen LogP contribution in [-0.4, -0.2) is 18.5 Å². The van der Waals surface area contributed by atoms with E-state index in [4.69, 9.17) is 4.74 Å². The standard InChI is InChI=1S/C18H27FO2/c1-3-5-6-7-11-15(10-4-2)21-14-18(20)16-12-8-9-13-17(16)19/h8-9,12-13,15H,3-7,10-11,14H2,1-2H3/t15-/m1/s1. The van der Waals surface area contributed by atoms with Gasteiger partial charge in [-0.3, -0.25) is 4.79 Å². The van der Waals surface area contributed by atoms with Crippen molar-refractivity contribution < 1.29 is 13.9 Å². The maximum atomic E-state index is 13.5. The van der Waals surface area contributed by atoms with Crippen molar-refractivity contribution in [1.82, 2.24) is 0 Å². The van der Waals surface area contributed by atoms with Gasteiger partial charge >= 0.3 is 0 Å². The third-order valence-electron chi connectivity index (χ3n) is 3.61. The number of benzene rings is 1. The molecule has 0 saturated carbocycles. The lowest BCUT2D eigenvalue weighted by Crippen LogP contribution is -2.19. The molecule has 21 heavy (non-hydrogen) atoms. The predicted octanol–water partition coefficient (Wildman–Crippen LogP) is 5.16. The second-order valence-corrected chi connectivity index (χ2v) is 5.47. The van der Waals surface area contributed by atoms with Gasteiger partial charge in [-0.25, -0.2) is 4.39 Å². The highest BCUT2D eigenvalue weighted by Crippen LogP contribution is 2.14. The number of hydrogen-bond donors (Lipinski definition) is 0. The zero-order valence-electron chi connectivity index (χ0n) is 13.2. The van der Waals surface area contributed by atoms with Gasteiger partial charge in [-0.1, -0.05) is 58.1 Å². The lowest BCUT2D eigenvalue weighted by Gasteiger charge is -2.17. The van der Waals surface area contributed by atoms with Crippen LogP contribution in [0.2, 0.25) is 0 Å². The second-order valence-electron chi connectivity index (χ2n) is 5.47. The summed E-state index contributed by atoms with van der Waals surface area (Å²) < 4.78 is 19.2. The smallest absolute Gasteiger partial charge is 0.191 e. The average Bonchev–Trinajstić information content (AvgIpc) is 2.49. The summed E-state index contributed by atoms with van der Waals surface area (Å²) in [6, 6.07) is 6.07. The highest BCUT2D eigenvalue weighted by molar-refractivity contribution is 5.97. The van der Waals surface area contributed by atoms with Gasteiger partial charge in [0.05, 0.1) is 11.7 Å². The molecule has 0 unspecified atom stereocenters. The molecule has 0 spiro atoms. The molecule has 0 aliphatic carbocycles. The fourth-order valence-electron chi connectivity index (χ4n) is 2.39. The topological polar surface area (TPSA) is 26.3 Å². The third-order valence-corrected chi connectivity index (χ3v) is 3.61. The van der Waals surface area contributed by atoms with Crippen molar-refractivity contribution in [2.45, 2.75) is 64.9 Å². The minimum atomic E-state index is -0.471. The number of ether oxygens (including phenoxy) is 1. The first-order chi connectivity index (χ1) is 10.2. The van der Waals surface area contributed by atoms with E-state index in [-0.39, 0.29) is 24.1 Å². The molecule has 1 rings (SSSR count). The Bertz CT molecular complexity index is 417. The molecule has 1 aromatic rings. The summed E-state index contributed by atoms with van der Waals surface area (Å²) in [6.07, 6.45) is 7.88. The Kier molecular flexibility index (Phi) is 8.91. The van der Waals surface area contributed by atoms with E-state index in [0.717, 1.165) is 25.7 Å². The zero-order chi connectivity index (χ0) is 15.5. The van der Waals surface area contributed by atoms with E-state index >= 15 is 0 Å². The lowest BCUT2D eigenvalue weighted by atomic mass is 10.1. The SMILES string of the molecule is CCCCCC[C@@H](CCC)OCC(=O)c1ccccc1F. The molecule has 0 heterocycles. The molecule has 0 aliphatic heterocycles. The Balaban J connectivity index is 2.41. The summed E-state index contributed by atoms with van der Waals surface area (Å²) in [7, 11) is 0. The van der Waals surface area contributed by atoms with Crippen LogP contribution in [0.15, 0.2) is 24.3 Å². The van der Waals surface area contributed by atoms with Gasteiger partial charge in [0.25, 0.3) is 0 Å². The quantitative estimate of drug-likeness (QED) is 0.416. The van der Waals surface area contributed by atoms with Gasteiger partial charge in [-0.15, -0.1) is 0 Å². The number of carbonyl (C=O) groups is 1. The van der Waals surface area contributed by atoms with Crippen LogP contribution in [0.5, 0.6) is 0 Å². The van der Waals surface area contributed by atoms with Crippen LogP contribution in [0.3, 0.4) is 0 Å². The average molecular weight is 294 g/mol. The minimum absolute atomic E-state index is 0.0284. The summed E-state index contributed by atoms with van der Waals surface area (Å²) in [4.78, 5) is 12.0. The summed E-state index contributed by atoms with van der Waals surface area (Å²) in [5.41, 5.74) is 0.124. The molecule has 0 aromatic heterocycles. The zero-order valence-corrected chi connectivity index (χ0v) is 13.2. The van der Waals surface area contributed by atoms with Crippen molar-refractivity contribution in [3.8, 4) is 0 Å². The van der Waals surface area contributed by atoms with Crippen molar-refractivity contribution >= 4 is 5.78 Å². The molecule has 2 nitrogen and oxygen atoms in total. The van der Waals surface area contributed by atoms with Gasteiger partial charge in [0.2, 0.25) is 0 Å². The second kappa shape index (κ2) is 10.5. The Hall–Kier alpha value is -1.22. The summed E-state index contributed by atoms with van der Waals surface area (Å²) in [6.45, 7) is 4.27. The highest BCUT2D eigenvalue weighted by atomic mass is 19.1. The van der Waals surface area contributed by atoms with Crippen LogP contribution in [0.4, 0.5) is 4.39 Å². The van der Waals surface area contributed by atoms with E-state index in [0.29, 0.717) is 0 Å². The van der Waals surface area contributed by atoms with Crippen LogP contribution >= 0.6 is 0 Å². The molecule has 0 aliphatic rings. The van der Waals surface area contributed by atoms with Crippen LogP contribution in [0.25, 0.3) is 0 Å². The van der Waals surface area contributed by atoms with Gasteiger partial charge in [0.15, 0.2) is 5.78 Å². The molecule has 0 fully saturated rings. The fourth-order valence-corrected chi connectivity index (χ4v) is 2.39. The number of ketones is 1. The maximum absolute atomic E-state index is 13.5. The fraction of sp³-hybridized carbons (Fsp3) is 0.611. The van der Waals surface area contributed by atoms with Crippen molar-refractivity contribution in [1.29, 1.82) is 0 Å². The summed E-state index contributed by atoms with van der Waals surface area (Å²) >= 11 is 0. The van der Waals surface area contributed by atoms with Crippen LogP contribution in [-0.2, 0) is 4.74 Å². The Morgan fingerprint density at radius 3 is 2.52 bits per heavy atom. The molecule has 0 radical (unpaired) electrons. The van der Waals surface area contributed by atoms with E-state index in [1.807, 2.05) is 0 Å². The van der Waals surface area contributed by atoms with Gasteiger partial charge in [-0.2, -0.15) is 0 Å². The first-order valence-electron chi connectivity index (χ1n) is 8.08. The number of Topliss-reactive ketones (excluding diaryl/α,β-unsaturated/α-hetero) is 1. The van der Waals surface area contributed by atoms with E-state index < -0.39 is 5.82 Å². The Labute approximate surface area is 127 Å². The molecule has 0 saturated heterocycles.